The van der Waals surface area contributed by atoms with Gasteiger partial charge in [0, 0.05) is 48.9 Å². The number of allylic oxidation sites excluding steroid dienone is 2. The Hall–Kier alpha value is -4.14. The van der Waals surface area contributed by atoms with Crippen LogP contribution in [0.4, 0.5) is 18.0 Å². The minimum absolute atomic E-state index is 0.198. The second-order valence-electron chi connectivity index (χ2n) is 11.6. The van der Waals surface area contributed by atoms with Gasteiger partial charge in [0.15, 0.2) is 0 Å². The van der Waals surface area contributed by atoms with Crippen LogP contribution in [0.2, 0.25) is 0 Å². The Labute approximate surface area is 237 Å². The first-order valence-corrected chi connectivity index (χ1v) is 13.7. The molecule has 0 saturated carbocycles. The van der Waals surface area contributed by atoms with Gasteiger partial charge in [0.1, 0.15) is 0 Å². The smallest absolute Gasteiger partial charge is 0.351 e. The van der Waals surface area contributed by atoms with Crippen molar-refractivity contribution in [3.8, 4) is 0 Å². The van der Waals surface area contributed by atoms with Crippen molar-refractivity contribution in [3.63, 3.8) is 0 Å². The number of piperidine rings is 1. The third kappa shape index (κ3) is 6.29. The number of carbonyl (C=O) groups is 2. The molecular weight excluding hydrogens is 529 g/mol. The molecule has 1 aliphatic carbocycles. The van der Waals surface area contributed by atoms with Gasteiger partial charge < -0.3 is 15.5 Å². The van der Waals surface area contributed by atoms with Crippen molar-refractivity contribution in [1.82, 2.24) is 20.5 Å². The number of hydrogen-bond acceptors (Lipinski definition) is 3. The molecule has 3 aromatic rings. The number of carbonyl (C=O) groups excluding carboxylic acids is 2. The number of hydrogen-bond donors (Lipinski definition) is 2. The third-order valence-corrected chi connectivity index (χ3v) is 7.56. The largest absolute Gasteiger partial charge is 0.416 e. The van der Waals surface area contributed by atoms with Crippen LogP contribution in [0, 0.1) is 11.8 Å². The Kier molecular flexibility index (Phi) is 7.64. The standard InChI is InChI=1S/C32H33F3N4O2/c1-31(2,3)38-30(41)39-15-13-26-25(20-6-5-9-23(16-20)32(33,34)35)10-11-27(28(26)19-39)29(40)37-18-22-8-4-7-21-17-36-14-12-24(21)22/h4-12,14,16-17,27-28H,13,15,18-19H2,1-3H3,(H,37,40)(H,38,41). The summed E-state index contributed by atoms with van der Waals surface area (Å²) in [5, 5.41) is 8.01. The topological polar surface area (TPSA) is 74.3 Å². The minimum atomic E-state index is -4.46. The Morgan fingerprint density at radius 2 is 1.85 bits per heavy atom. The average Bonchev–Trinajstić information content (AvgIpc) is 2.93. The first-order chi connectivity index (χ1) is 19.4. The maximum absolute atomic E-state index is 13.6. The van der Waals surface area contributed by atoms with E-state index in [4.69, 9.17) is 0 Å². The Bertz CT molecular complexity index is 1530. The summed E-state index contributed by atoms with van der Waals surface area (Å²) in [5.41, 5.74) is 1.82. The molecule has 2 heterocycles. The summed E-state index contributed by atoms with van der Waals surface area (Å²) >= 11 is 0. The van der Waals surface area contributed by atoms with Gasteiger partial charge in [0.05, 0.1) is 11.5 Å². The first kappa shape index (κ1) is 28.4. The number of benzene rings is 2. The number of likely N-dealkylation sites (tertiary alicyclic amines) is 1. The van der Waals surface area contributed by atoms with Gasteiger partial charge in [0.2, 0.25) is 5.91 Å². The fourth-order valence-corrected chi connectivity index (χ4v) is 5.63. The molecule has 1 fully saturated rings. The predicted molar refractivity (Wildman–Crippen MR) is 153 cm³/mol. The lowest BCUT2D eigenvalue weighted by Crippen LogP contribution is -2.53. The highest BCUT2D eigenvalue weighted by molar-refractivity contribution is 5.89. The zero-order chi connectivity index (χ0) is 29.4. The van der Waals surface area contributed by atoms with Crippen LogP contribution in [0.15, 0.2) is 78.6 Å². The summed E-state index contributed by atoms with van der Waals surface area (Å²) in [7, 11) is 0. The summed E-state index contributed by atoms with van der Waals surface area (Å²) in [6.45, 7) is 6.69. The van der Waals surface area contributed by atoms with Gasteiger partial charge in [-0.15, -0.1) is 0 Å². The lowest BCUT2D eigenvalue weighted by atomic mass is 9.73. The van der Waals surface area contributed by atoms with Crippen LogP contribution in [-0.4, -0.2) is 40.5 Å². The van der Waals surface area contributed by atoms with E-state index in [1.165, 1.54) is 6.07 Å². The molecule has 41 heavy (non-hydrogen) atoms. The molecule has 2 aromatic carbocycles. The molecule has 1 aliphatic heterocycles. The van der Waals surface area contributed by atoms with Gasteiger partial charge in [-0.1, -0.05) is 48.1 Å². The van der Waals surface area contributed by atoms with Crippen molar-refractivity contribution >= 4 is 28.3 Å². The SMILES string of the molecule is CC(C)(C)NC(=O)N1CCC2=C(c3cccc(C(F)(F)F)c3)C=CC(C(=O)NCc3cccc4cnccc34)C2C1. The van der Waals surface area contributed by atoms with Crippen LogP contribution in [0.3, 0.4) is 0 Å². The maximum atomic E-state index is 13.6. The van der Waals surface area contributed by atoms with Crippen molar-refractivity contribution in [2.45, 2.75) is 45.5 Å². The number of halogens is 3. The lowest BCUT2D eigenvalue weighted by molar-refractivity contribution is -0.137. The maximum Gasteiger partial charge on any atom is 0.416 e. The van der Waals surface area contributed by atoms with E-state index in [0.717, 1.165) is 34.0 Å². The molecule has 2 aliphatic rings. The zero-order valence-electron chi connectivity index (χ0n) is 23.3. The van der Waals surface area contributed by atoms with E-state index >= 15 is 0 Å². The summed E-state index contributed by atoms with van der Waals surface area (Å²) < 4.78 is 40.5. The molecule has 0 spiro atoms. The van der Waals surface area contributed by atoms with E-state index < -0.39 is 23.2 Å². The molecule has 0 radical (unpaired) electrons. The van der Waals surface area contributed by atoms with Crippen LogP contribution in [0.25, 0.3) is 16.3 Å². The van der Waals surface area contributed by atoms with E-state index in [9.17, 15) is 22.8 Å². The minimum Gasteiger partial charge on any atom is -0.351 e. The number of fused-ring (bicyclic) bond motifs is 2. The molecule has 1 aromatic heterocycles. The highest BCUT2D eigenvalue weighted by Gasteiger charge is 2.39. The molecule has 5 rings (SSSR count). The first-order valence-electron chi connectivity index (χ1n) is 13.7. The summed E-state index contributed by atoms with van der Waals surface area (Å²) in [5.74, 6) is -1.15. The number of aromatic nitrogens is 1. The summed E-state index contributed by atoms with van der Waals surface area (Å²) in [4.78, 5) is 32.5. The molecule has 2 N–H and O–H groups in total. The van der Waals surface area contributed by atoms with Gasteiger partial charge in [-0.05, 0) is 67.5 Å². The number of nitrogens with zero attached hydrogens (tertiary/aromatic N) is 2. The molecule has 0 bridgehead atoms. The fraction of sp³-hybridized carbons (Fsp3) is 0.344. The number of pyridine rings is 1. The van der Waals surface area contributed by atoms with E-state index in [1.54, 1.807) is 35.5 Å². The van der Waals surface area contributed by atoms with E-state index in [0.29, 0.717) is 30.6 Å². The Morgan fingerprint density at radius 1 is 1.07 bits per heavy atom. The highest BCUT2D eigenvalue weighted by atomic mass is 19.4. The van der Waals surface area contributed by atoms with Crippen molar-refractivity contribution in [2.24, 2.45) is 11.8 Å². The van der Waals surface area contributed by atoms with Gasteiger partial charge in [-0.25, -0.2) is 4.79 Å². The molecular formula is C32H33F3N4O2. The highest BCUT2D eigenvalue weighted by Crippen LogP contribution is 2.41. The molecule has 2 atom stereocenters. The number of nitrogens with one attached hydrogen (secondary N) is 2. The van der Waals surface area contributed by atoms with E-state index in [-0.39, 0.29) is 24.4 Å². The average molecular weight is 563 g/mol. The molecule has 214 valence electrons. The second-order valence-corrected chi connectivity index (χ2v) is 11.6. The predicted octanol–water partition coefficient (Wildman–Crippen LogP) is 6.34. The lowest BCUT2D eigenvalue weighted by Gasteiger charge is -2.41. The third-order valence-electron chi connectivity index (χ3n) is 7.56. The van der Waals surface area contributed by atoms with Crippen LogP contribution in [0.1, 0.15) is 43.9 Å². The van der Waals surface area contributed by atoms with Crippen molar-refractivity contribution in [3.05, 3.63) is 95.3 Å². The number of amides is 3. The Balaban J connectivity index is 1.44. The summed E-state index contributed by atoms with van der Waals surface area (Å²) in [6, 6.07) is 12.8. The van der Waals surface area contributed by atoms with Crippen molar-refractivity contribution < 1.29 is 22.8 Å². The van der Waals surface area contributed by atoms with Gasteiger partial charge in [-0.3, -0.25) is 9.78 Å². The number of alkyl halides is 3. The van der Waals surface area contributed by atoms with E-state index in [2.05, 4.69) is 15.6 Å². The second kappa shape index (κ2) is 11.0. The van der Waals surface area contributed by atoms with Crippen molar-refractivity contribution in [2.75, 3.05) is 13.1 Å². The monoisotopic (exact) mass is 562 g/mol. The fourth-order valence-electron chi connectivity index (χ4n) is 5.63. The van der Waals surface area contributed by atoms with E-state index in [1.807, 2.05) is 45.0 Å². The zero-order valence-corrected chi connectivity index (χ0v) is 23.3. The Morgan fingerprint density at radius 3 is 2.61 bits per heavy atom. The van der Waals surface area contributed by atoms with Crippen LogP contribution >= 0.6 is 0 Å². The van der Waals surface area contributed by atoms with Gasteiger partial charge in [-0.2, -0.15) is 13.2 Å². The molecule has 2 unspecified atom stereocenters. The van der Waals surface area contributed by atoms with Gasteiger partial charge >= 0.3 is 12.2 Å². The number of urea groups is 1. The van der Waals surface area contributed by atoms with Crippen LogP contribution in [-0.2, 0) is 17.5 Å². The van der Waals surface area contributed by atoms with Crippen LogP contribution < -0.4 is 10.6 Å². The molecule has 9 heteroatoms. The van der Waals surface area contributed by atoms with Gasteiger partial charge in [0.25, 0.3) is 0 Å². The normalized spacial score (nSPS) is 19.2. The molecule has 6 nitrogen and oxygen atoms in total. The summed E-state index contributed by atoms with van der Waals surface area (Å²) in [6.07, 6.45) is 3.00. The van der Waals surface area contributed by atoms with Crippen molar-refractivity contribution in [1.29, 1.82) is 0 Å². The molecule has 3 amide bonds. The van der Waals surface area contributed by atoms with Crippen LogP contribution in [0.5, 0.6) is 0 Å². The number of rotatable bonds is 4. The quantitative estimate of drug-likeness (QED) is 0.390. The molecule has 1 saturated heterocycles.